The van der Waals surface area contributed by atoms with Gasteiger partial charge in [-0.2, -0.15) is 0 Å². The molecule has 0 bridgehead atoms. The van der Waals surface area contributed by atoms with E-state index < -0.39 is 0 Å². The van der Waals surface area contributed by atoms with Crippen molar-refractivity contribution < 1.29 is 19.0 Å². The maximum absolute atomic E-state index is 13.1. The predicted octanol–water partition coefficient (Wildman–Crippen LogP) is 2.12. The van der Waals surface area contributed by atoms with Gasteiger partial charge in [-0.3, -0.25) is 9.59 Å². The number of amides is 1. The molecule has 0 aliphatic carbocycles. The van der Waals surface area contributed by atoms with Crippen LogP contribution in [0.5, 0.6) is 17.2 Å². The number of hydrogen-bond acceptors (Lipinski definition) is 6. The second-order valence-electron chi connectivity index (χ2n) is 6.78. The molecule has 1 atom stereocenters. The lowest BCUT2D eigenvalue weighted by molar-refractivity contribution is 0.0703. The van der Waals surface area contributed by atoms with Crippen LogP contribution in [0.15, 0.2) is 23.0 Å². The van der Waals surface area contributed by atoms with Crippen LogP contribution in [0, 0.1) is 6.92 Å². The van der Waals surface area contributed by atoms with Gasteiger partial charge in [0.15, 0.2) is 11.5 Å². The fourth-order valence-corrected chi connectivity index (χ4v) is 3.57. The lowest BCUT2D eigenvalue weighted by Gasteiger charge is -2.32. The standard InChI is InChI=1S/C20H25N3O5/c1-12-8-17(24)22-19(21-12)13-6-5-7-23(11-13)20(25)14-9-15(26-2)18(28-4)16(10-14)27-3/h8-10,13H,5-7,11H2,1-4H3,(H,21,22,24)/t13-/m1/s1. The van der Waals surface area contributed by atoms with Crippen LogP contribution in [0.25, 0.3) is 0 Å². The molecule has 1 aliphatic heterocycles. The fourth-order valence-electron chi connectivity index (χ4n) is 3.57. The van der Waals surface area contributed by atoms with Crippen molar-refractivity contribution in [2.24, 2.45) is 0 Å². The van der Waals surface area contributed by atoms with Gasteiger partial charge in [0.05, 0.1) is 21.3 Å². The molecular formula is C20H25N3O5. The molecule has 0 spiro atoms. The van der Waals surface area contributed by atoms with Crippen molar-refractivity contribution in [3.8, 4) is 17.2 Å². The van der Waals surface area contributed by atoms with Gasteiger partial charge in [-0.1, -0.05) is 0 Å². The maximum Gasteiger partial charge on any atom is 0.254 e. The van der Waals surface area contributed by atoms with Crippen LogP contribution < -0.4 is 19.8 Å². The highest BCUT2D eigenvalue weighted by atomic mass is 16.5. The van der Waals surface area contributed by atoms with Crippen LogP contribution in [-0.2, 0) is 0 Å². The third kappa shape index (κ3) is 3.95. The van der Waals surface area contributed by atoms with Crippen molar-refractivity contribution in [3.05, 3.63) is 45.6 Å². The summed E-state index contributed by atoms with van der Waals surface area (Å²) in [6.45, 7) is 2.92. The molecule has 1 saturated heterocycles. The average molecular weight is 387 g/mol. The molecule has 1 N–H and O–H groups in total. The third-order valence-electron chi connectivity index (χ3n) is 4.90. The molecule has 28 heavy (non-hydrogen) atoms. The van der Waals surface area contributed by atoms with Crippen LogP contribution in [-0.4, -0.2) is 55.2 Å². The number of ether oxygens (including phenoxy) is 3. The van der Waals surface area contributed by atoms with E-state index in [-0.39, 0.29) is 17.4 Å². The number of aryl methyl sites for hydroxylation is 1. The van der Waals surface area contributed by atoms with Crippen molar-refractivity contribution >= 4 is 5.91 Å². The van der Waals surface area contributed by atoms with Crippen molar-refractivity contribution in [1.82, 2.24) is 14.9 Å². The molecule has 0 radical (unpaired) electrons. The van der Waals surface area contributed by atoms with Gasteiger partial charge in [-0.05, 0) is 31.9 Å². The van der Waals surface area contributed by atoms with E-state index >= 15 is 0 Å². The second-order valence-corrected chi connectivity index (χ2v) is 6.78. The molecule has 1 aromatic carbocycles. The van der Waals surface area contributed by atoms with E-state index in [2.05, 4.69) is 9.97 Å². The Morgan fingerprint density at radius 1 is 1.14 bits per heavy atom. The normalized spacial score (nSPS) is 16.6. The first kappa shape index (κ1) is 19.7. The predicted molar refractivity (Wildman–Crippen MR) is 104 cm³/mol. The zero-order valence-corrected chi connectivity index (χ0v) is 16.6. The molecule has 1 aliphatic rings. The Bertz CT molecular complexity index is 899. The van der Waals surface area contributed by atoms with Crippen LogP contribution in [0.4, 0.5) is 0 Å². The van der Waals surface area contributed by atoms with Gasteiger partial charge >= 0.3 is 0 Å². The van der Waals surface area contributed by atoms with Crippen molar-refractivity contribution in [3.63, 3.8) is 0 Å². The molecule has 150 valence electrons. The summed E-state index contributed by atoms with van der Waals surface area (Å²) < 4.78 is 16.0. The molecule has 0 unspecified atom stereocenters. The Labute approximate surface area is 163 Å². The number of benzene rings is 1. The highest BCUT2D eigenvalue weighted by Gasteiger charge is 2.28. The average Bonchev–Trinajstić information content (AvgIpc) is 2.71. The molecule has 2 heterocycles. The number of H-pyrrole nitrogens is 1. The first-order valence-electron chi connectivity index (χ1n) is 9.14. The van der Waals surface area contributed by atoms with E-state index in [0.29, 0.717) is 47.4 Å². The van der Waals surface area contributed by atoms with Crippen molar-refractivity contribution in [2.75, 3.05) is 34.4 Å². The number of aromatic amines is 1. The van der Waals surface area contributed by atoms with Gasteiger partial charge in [0.1, 0.15) is 5.82 Å². The summed E-state index contributed by atoms with van der Waals surface area (Å²) in [7, 11) is 4.55. The summed E-state index contributed by atoms with van der Waals surface area (Å²) in [5.74, 6) is 1.81. The summed E-state index contributed by atoms with van der Waals surface area (Å²) >= 11 is 0. The number of hydrogen-bond donors (Lipinski definition) is 1. The number of nitrogens with one attached hydrogen (secondary N) is 1. The molecule has 1 fully saturated rings. The van der Waals surface area contributed by atoms with Crippen LogP contribution in [0.2, 0.25) is 0 Å². The van der Waals surface area contributed by atoms with Gasteiger partial charge < -0.3 is 24.1 Å². The van der Waals surface area contributed by atoms with Crippen molar-refractivity contribution in [2.45, 2.75) is 25.7 Å². The largest absolute Gasteiger partial charge is 0.493 e. The molecular weight excluding hydrogens is 362 g/mol. The lowest BCUT2D eigenvalue weighted by atomic mass is 9.96. The van der Waals surface area contributed by atoms with E-state index in [1.54, 1.807) is 24.0 Å². The first-order valence-corrected chi connectivity index (χ1v) is 9.14. The minimum absolute atomic E-state index is 0.00709. The summed E-state index contributed by atoms with van der Waals surface area (Å²) in [6.07, 6.45) is 1.70. The maximum atomic E-state index is 13.1. The van der Waals surface area contributed by atoms with Gasteiger partial charge in [0.2, 0.25) is 5.75 Å². The Morgan fingerprint density at radius 3 is 2.39 bits per heavy atom. The second kappa shape index (κ2) is 8.33. The summed E-state index contributed by atoms with van der Waals surface area (Å²) in [6, 6.07) is 4.77. The monoisotopic (exact) mass is 387 g/mol. The topological polar surface area (TPSA) is 93.8 Å². The molecule has 8 heteroatoms. The lowest BCUT2D eigenvalue weighted by Crippen LogP contribution is -2.40. The molecule has 1 amide bonds. The van der Waals surface area contributed by atoms with Gasteiger partial charge in [-0.25, -0.2) is 4.98 Å². The number of aromatic nitrogens is 2. The smallest absolute Gasteiger partial charge is 0.254 e. The van der Waals surface area contributed by atoms with E-state index in [4.69, 9.17) is 14.2 Å². The van der Waals surface area contributed by atoms with E-state index in [1.165, 1.54) is 27.4 Å². The van der Waals surface area contributed by atoms with Crippen molar-refractivity contribution in [1.29, 1.82) is 0 Å². The summed E-state index contributed by atoms with van der Waals surface area (Å²) in [5, 5.41) is 0. The minimum Gasteiger partial charge on any atom is -0.493 e. The molecule has 8 nitrogen and oxygen atoms in total. The van der Waals surface area contributed by atoms with E-state index in [1.807, 2.05) is 0 Å². The number of piperidine rings is 1. The zero-order chi connectivity index (χ0) is 20.3. The number of carbonyl (C=O) groups is 1. The molecule has 2 aromatic rings. The first-order chi connectivity index (χ1) is 13.5. The SMILES string of the molecule is COc1cc(C(=O)N2CCC[C@@H](c3nc(C)cc(=O)[nH]3)C2)cc(OC)c1OC. The quantitative estimate of drug-likeness (QED) is 0.845. The minimum atomic E-state index is -0.171. The van der Waals surface area contributed by atoms with Crippen LogP contribution >= 0.6 is 0 Å². The van der Waals surface area contributed by atoms with Gasteiger partial charge in [-0.15, -0.1) is 0 Å². The van der Waals surface area contributed by atoms with Gasteiger partial charge in [0.25, 0.3) is 11.5 Å². The number of likely N-dealkylation sites (tertiary alicyclic amines) is 1. The highest BCUT2D eigenvalue weighted by Crippen LogP contribution is 2.38. The molecule has 1 aromatic heterocycles. The number of nitrogens with zero attached hydrogens (tertiary/aromatic N) is 2. The Balaban J connectivity index is 1.87. The zero-order valence-electron chi connectivity index (χ0n) is 16.6. The molecule has 3 rings (SSSR count). The summed E-state index contributed by atoms with van der Waals surface area (Å²) in [4.78, 5) is 33.9. The van der Waals surface area contributed by atoms with E-state index in [9.17, 15) is 9.59 Å². The number of methoxy groups -OCH3 is 3. The highest BCUT2D eigenvalue weighted by molar-refractivity contribution is 5.95. The van der Waals surface area contributed by atoms with Crippen LogP contribution in [0.3, 0.4) is 0 Å². The Morgan fingerprint density at radius 2 is 1.82 bits per heavy atom. The molecule has 0 saturated carbocycles. The number of rotatable bonds is 5. The third-order valence-corrected chi connectivity index (χ3v) is 4.90. The van der Waals surface area contributed by atoms with Crippen LogP contribution in [0.1, 0.15) is 40.6 Å². The van der Waals surface area contributed by atoms with Gasteiger partial charge in [0, 0.05) is 36.3 Å². The Hall–Kier alpha value is -3.03. The Kier molecular flexibility index (Phi) is 5.87. The summed E-state index contributed by atoms with van der Waals surface area (Å²) in [5.41, 5.74) is 0.961. The number of carbonyl (C=O) groups excluding carboxylic acids is 1. The van der Waals surface area contributed by atoms with E-state index in [0.717, 1.165) is 12.8 Å². The fraction of sp³-hybridized carbons (Fsp3) is 0.450.